The van der Waals surface area contributed by atoms with E-state index in [-0.39, 0.29) is 5.91 Å². The summed E-state index contributed by atoms with van der Waals surface area (Å²) in [7, 11) is 1.63. The van der Waals surface area contributed by atoms with Crippen LogP contribution in [0.15, 0.2) is 59.4 Å². The van der Waals surface area contributed by atoms with Crippen molar-refractivity contribution in [3.63, 3.8) is 0 Å². The van der Waals surface area contributed by atoms with Crippen molar-refractivity contribution in [3.8, 4) is 0 Å². The van der Waals surface area contributed by atoms with Crippen molar-refractivity contribution in [1.82, 2.24) is 4.90 Å². The van der Waals surface area contributed by atoms with Gasteiger partial charge in [0.2, 0.25) is 5.91 Å². The quantitative estimate of drug-likeness (QED) is 0.734. The number of carbonyl (C=O) groups excluding carboxylic acids is 1. The monoisotopic (exact) mass is 285 g/mol. The maximum Gasteiger partial charge on any atom is 0.246 e. The summed E-state index contributed by atoms with van der Waals surface area (Å²) < 4.78 is 10.1. The van der Waals surface area contributed by atoms with Gasteiger partial charge in [0.1, 0.15) is 0 Å². The molecule has 1 amide bonds. The van der Waals surface area contributed by atoms with Gasteiger partial charge in [-0.3, -0.25) is 4.79 Å². The van der Waals surface area contributed by atoms with Crippen LogP contribution in [0, 0.1) is 0 Å². The molecule has 0 bridgehead atoms. The minimum Gasteiger partial charge on any atom is -0.472 e. The van der Waals surface area contributed by atoms with E-state index in [1.807, 2.05) is 42.5 Å². The Morgan fingerprint density at radius 1 is 1.29 bits per heavy atom. The predicted molar refractivity (Wildman–Crippen MR) is 81.5 cm³/mol. The standard InChI is InChI=1S/C17H19NO3/c1-20-12-10-18(13-16-9-11-21-14-16)17(19)8-7-15-5-3-2-4-6-15/h2-9,11,14H,10,12-13H2,1H3. The van der Waals surface area contributed by atoms with Crippen LogP contribution in [-0.4, -0.2) is 31.1 Å². The molecule has 110 valence electrons. The lowest BCUT2D eigenvalue weighted by molar-refractivity contribution is -0.127. The minimum atomic E-state index is -0.0443. The molecular weight excluding hydrogens is 266 g/mol. The topological polar surface area (TPSA) is 42.7 Å². The lowest BCUT2D eigenvalue weighted by atomic mass is 10.2. The van der Waals surface area contributed by atoms with E-state index in [0.717, 1.165) is 11.1 Å². The van der Waals surface area contributed by atoms with Crippen LogP contribution in [0.2, 0.25) is 0 Å². The first kappa shape index (κ1) is 15.1. The van der Waals surface area contributed by atoms with Gasteiger partial charge in [-0.05, 0) is 17.7 Å². The van der Waals surface area contributed by atoms with Gasteiger partial charge in [-0.25, -0.2) is 0 Å². The van der Waals surface area contributed by atoms with E-state index in [4.69, 9.17) is 9.15 Å². The molecule has 0 atom stereocenters. The molecule has 0 unspecified atom stereocenters. The maximum absolute atomic E-state index is 12.3. The summed E-state index contributed by atoms with van der Waals surface area (Å²) in [6.45, 7) is 1.56. The van der Waals surface area contributed by atoms with Crippen LogP contribution in [0.5, 0.6) is 0 Å². The van der Waals surface area contributed by atoms with E-state index in [2.05, 4.69) is 0 Å². The molecule has 21 heavy (non-hydrogen) atoms. The summed E-state index contributed by atoms with van der Waals surface area (Å²) in [6, 6.07) is 11.6. The highest BCUT2D eigenvalue weighted by Crippen LogP contribution is 2.07. The molecule has 0 aliphatic heterocycles. The van der Waals surface area contributed by atoms with E-state index in [0.29, 0.717) is 19.7 Å². The van der Waals surface area contributed by atoms with Crippen molar-refractivity contribution in [3.05, 3.63) is 66.1 Å². The van der Waals surface area contributed by atoms with Crippen molar-refractivity contribution in [2.24, 2.45) is 0 Å². The molecule has 2 aromatic rings. The molecule has 1 heterocycles. The van der Waals surface area contributed by atoms with Gasteiger partial charge >= 0.3 is 0 Å². The summed E-state index contributed by atoms with van der Waals surface area (Å²) in [5.41, 5.74) is 1.97. The van der Waals surface area contributed by atoms with Crippen molar-refractivity contribution >= 4 is 12.0 Å². The van der Waals surface area contributed by atoms with Crippen LogP contribution in [0.4, 0.5) is 0 Å². The Labute approximate surface area is 124 Å². The van der Waals surface area contributed by atoms with Crippen molar-refractivity contribution in [1.29, 1.82) is 0 Å². The first-order chi connectivity index (χ1) is 10.3. The number of hydrogen-bond acceptors (Lipinski definition) is 3. The molecule has 0 N–H and O–H groups in total. The van der Waals surface area contributed by atoms with Crippen LogP contribution >= 0.6 is 0 Å². The fraction of sp³-hybridized carbons (Fsp3) is 0.235. The van der Waals surface area contributed by atoms with Crippen molar-refractivity contribution in [2.45, 2.75) is 6.54 Å². The number of rotatable bonds is 7. The number of furan rings is 1. The Balaban J connectivity index is 2.01. The van der Waals surface area contributed by atoms with Crippen LogP contribution in [0.1, 0.15) is 11.1 Å². The highest BCUT2D eigenvalue weighted by atomic mass is 16.5. The second-order valence-corrected chi connectivity index (χ2v) is 4.63. The molecule has 2 rings (SSSR count). The first-order valence-electron chi connectivity index (χ1n) is 6.81. The van der Waals surface area contributed by atoms with E-state index in [1.54, 1.807) is 30.6 Å². The van der Waals surface area contributed by atoms with Crippen LogP contribution < -0.4 is 0 Å². The molecule has 0 aliphatic carbocycles. The molecule has 0 radical (unpaired) electrons. The molecular formula is C17H19NO3. The summed E-state index contributed by atoms with van der Waals surface area (Å²) in [5.74, 6) is -0.0443. The van der Waals surface area contributed by atoms with Gasteiger partial charge in [-0.15, -0.1) is 0 Å². The summed E-state index contributed by atoms with van der Waals surface area (Å²) in [5, 5.41) is 0. The van der Waals surface area contributed by atoms with Gasteiger partial charge in [-0.2, -0.15) is 0 Å². The number of carbonyl (C=O) groups is 1. The Kier molecular flexibility index (Phi) is 5.79. The molecule has 1 aromatic heterocycles. The third-order valence-corrected chi connectivity index (χ3v) is 3.05. The molecule has 0 saturated carbocycles. The Bertz CT molecular complexity index is 561. The molecule has 4 heteroatoms. The predicted octanol–water partition coefficient (Wildman–Crippen LogP) is 2.97. The zero-order valence-electron chi connectivity index (χ0n) is 12.1. The number of hydrogen-bond donors (Lipinski definition) is 0. The number of nitrogens with zero attached hydrogens (tertiary/aromatic N) is 1. The first-order valence-corrected chi connectivity index (χ1v) is 6.81. The molecule has 0 aliphatic rings. The molecule has 0 spiro atoms. The largest absolute Gasteiger partial charge is 0.472 e. The lowest BCUT2D eigenvalue weighted by Gasteiger charge is -2.20. The van der Waals surface area contributed by atoms with Gasteiger partial charge in [0.05, 0.1) is 19.1 Å². The molecule has 1 aromatic carbocycles. The molecule has 0 saturated heterocycles. The highest BCUT2D eigenvalue weighted by molar-refractivity contribution is 5.91. The zero-order valence-corrected chi connectivity index (χ0v) is 12.1. The maximum atomic E-state index is 12.3. The number of amides is 1. The van der Waals surface area contributed by atoms with Gasteiger partial charge in [0.15, 0.2) is 0 Å². The zero-order chi connectivity index (χ0) is 14.9. The second kappa shape index (κ2) is 8.07. The average molecular weight is 285 g/mol. The van der Waals surface area contributed by atoms with Gasteiger partial charge in [-0.1, -0.05) is 30.3 Å². The van der Waals surface area contributed by atoms with E-state index in [9.17, 15) is 4.79 Å². The van der Waals surface area contributed by atoms with Gasteiger partial charge in [0.25, 0.3) is 0 Å². The van der Waals surface area contributed by atoms with Crippen LogP contribution in [0.3, 0.4) is 0 Å². The summed E-state index contributed by atoms with van der Waals surface area (Å²) >= 11 is 0. The van der Waals surface area contributed by atoms with Crippen molar-refractivity contribution < 1.29 is 13.9 Å². The Morgan fingerprint density at radius 3 is 2.76 bits per heavy atom. The van der Waals surface area contributed by atoms with E-state index in [1.165, 1.54) is 0 Å². The third kappa shape index (κ3) is 4.93. The summed E-state index contributed by atoms with van der Waals surface area (Å²) in [6.07, 6.45) is 6.66. The number of ether oxygens (including phenoxy) is 1. The molecule has 4 nitrogen and oxygen atoms in total. The SMILES string of the molecule is COCCN(Cc1ccoc1)C(=O)C=Cc1ccccc1. The average Bonchev–Trinajstić information content (AvgIpc) is 3.03. The smallest absolute Gasteiger partial charge is 0.246 e. The Hall–Kier alpha value is -2.33. The van der Waals surface area contributed by atoms with Gasteiger partial charge < -0.3 is 14.1 Å². The van der Waals surface area contributed by atoms with E-state index >= 15 is 0 Å². The molecule has 0 fully saturated rings. The summed E-state index contributed by atoms with van der Waals surface area (Å²) in [4.78, 5) is 14.0. The Morgan fingerprint density at radius 2 is 2.10 bits per heavy atom. The minimum absolute atomic E-state index is 0.0443. The van der Waals surface area contributed by atoms with Crippen molar-refractivity contribution in [2.75, 3.05) is 20.3 Å². The highest BCUT2D eigenvalue weighted by Gasteiger charge is 2.11. The lowest BCUT2D eigenvalue weighted by Crippen LogP contribution is -2.31. The van der Waals surface area contributed by atoms with Crippen LogP contribution in [0.25, 0.3) is 6.08 Å². The number of benzene rings is 1. The third-order valence-electron chi connectivity index (χ3n) is 3.05. The second-order valence-electron chi connectivity index (χ2n) is 4.63. The van der Waals surface area contributed by atoms with Gasteiger partial charge in [0, 0.05) is 31.8 Å². The number of methoxy groups -OCH3 is 1. The fourth-order valence-corrected chi connectivity index (χ4v) is 1.91. The van der Waals surface area contributed by atoms with E-state index < -0.39 is 0 Å². The normalized spacial score (nSPS) is 10.9. The fourth-order valence-electron chi connectivity index (χ4n) is 1.91. The van der Waals surface area contributed by atoms with Crippen LogP contribution in [-0.2, 0) is 16.1 Å².